The largest absolute Gasteiger partial charge is 0.416 e. The normalized spacial score (nSPS) is 16.2. The number of nitriles is 1. The van der Waals surface area contributed by atoms with E-state index < -0.39 is 61.5 Å². The average Bonchev–Trinajstić information content (AvgIpc) is 3.35. The minimum atomic E-state index is -5.22. The van der Waals surface area contributed by atoms with E-state index in [-0.39, 0.29) is 45.1 Å². The van der Waals surface area contributed by atoms with Crippen LogP contribution in [0.15, 0.2) is 41.3 Å². The van der Waals surface area contributed by atoms with E-state index in [1.165, 1.54) is 18.2 Å². The number of fused-ring (bicyclic) bond motifs is 1. The van der Waals surface area contributed by atoms with Gasteiger partial charge in [0, 0.05) is 5.39 Å². The molecule has 17 heteroatoms. The highest BCUT2D eigenvalue weighted by molar-refractivity contribution is 8.18. The van der Waals surface area contributed by atoms with E-state index in [0.29, 0.717) is 23.9 Å². The summed E-state index contributed by atoms with van der Waals surface area (Å²) in [7, 11) is -4.13. The molecule has 0 aliphatic carbocycles. The van der Waals surface area contributed by atoms with E-state index in [1.807, 2.05) is 6.07 Å². The highest BCUT2D eigenvalue weighted by Gasteiger charge is 2.41. The summed E-state index contributed by atoms with van der Waals surface area (Å²) >= 11 is 0.223. The molecule has 39 heavy (non-hydrogen) atoms. The zero-order chi connectivity index (χ0) is 28.9. The molecule has 4 rings (SSSR count). The Labute approximate surface area is 219 Å². The summed E-state index contributed by atoms with van der Waals surface area (Å²) in [5.74, 6) is -1.21. The quantitative estimate of drug-likeness (QED) is 0.328. The molecular weight excluding hydrogens is 576 g/mol. The van der Waals surface area contributed by atoms with Gasteiger partial charge < -0.3 is 0 Å². The fourth-order valence-electron chi connectivity index (χ4n) is 3.76. The lowest BCUT2D eigenvalue weighted by atomic mass is 9.92. The van der Waals surface area contributed by atoms with E-state index >= 15 is 0 Å². The number of thioether (sulfide) groups is 1. The molecule has 0 spiro atoms. The van der Waals surface area contributed by atoms with Gasteiger partial charge in [0.15, 0.2) is 5.69 Å². The van der Waals surface area contributed by atoms with Crippen molar-refractivity contribution in [3.05, 3.63) is 69.3 Å². The second-order valence-electron chi connectivity index (χ2n) is 8.17. The number of hydrogen-bond acceptors (Lipinski definition) is 7. The molecule has 3 aromatic rings. The summed E-state index contributed by atoms with van der Waals surface area (Å²) in [4.78, 5) is 26.8. The van der Waals surface area contributed by atoms with Crippen LogP contribution in [0, 0.1) is 11.3 Å². The monoisotopic (exact) mass is 589 g/mol. The van der Waals surface area contributed by atoms with Crippen LogP contribution in [-0.4, -0.2) is 41.0 Å². The van der Waals surface area contributed by atoms with Crippen LogP contribution in [0.1, 0.15) is 27.9 Å². The molecule has 0 unspecified atom stereocenters. The van der Waals surface area contributed by atoms with E-state index in [0.717, 1.165) is 0 Å². The molecule has 1 aliphatic rings. The van der Waals surface area contributed by atoms with Crippen molar-refractivity contribution < 1.29 is 44.3 Å². The molecule has 1 aromatic heterocycles. The fourth-order valence-corrected chi connectivity index (χ4v) is 5.20. The van der Waals surface area contributed by atoms with Gasteiger partial charge in [-0.25, -0.2) is 8.42 Å². The topological polar surface area (TPSA) is 136 Å². The number of nitrogens with zero attached hydrogens (tertiary/aromatic N) is 3. The van der Waals surface area contributed by atoms with Crippen LogP contribution in [0.5, 0.6) is 0 Å². The van der Waals surface area contributed by atoms with Crippen molar-refractivity contribution in [2.45, 2.75) is 18.8 Å². The number of nitrogens with one attached hydrogen (secondary N) is 2. The Morgan fingerprint density at radius 2 is 1.79 bits per heavy atom. The number of sulfonamides is 1. The molecule has 0 atom stereocenters. The van der Waals surface area contributed by atoms with Gasteiger partial charge in [-0.05, 0) is 59.1 Å². The molecule has 2 aromatic carbocycles. The fraction of sp³-hybridized carbons (Fsp3) is 0.182. The number of carbonyl (C=O) groups excluding carboxylic acids is 2. The molecular formula is C22H13F6N5O4S2. The zero-order valence-corrected chi connectivity index (χ0v) is 20.9. The first-order valence-corrected chi connectivity index (χ1v) is 13.1. The number of benzene rings is 2. The van der Waals surface area contributed by atoms with Gasteiger partial charge in [-0.1, -0.05) is 12.1 Å². The second-order valence-corrected chi connectivity index (χ2v) is 10.9. The maximum Gasteiger partial charge on any atom is 0.416 e. The summed E-state index contributed by atoms with van der Waals surface area (Å²) in [6.45, 7) is 0. The van der Waals surface area contributed by atoms with Crippen molar-refractivity contribution in [1.29, 1.82) is 5.26 Å². The van der Waals surface area contributed by atoms with Gasteiger partial charge in [0.05, 0.1) is 27.8 Å². The van der Waals surface area contributed by atoms with Crippen molar-refractivity contribution in [3.8, 4) is 6.07 Å². The van der Waals surface area contributed by atoms with Gasteiger partial charge in [0.2, 0.25) is 10.0 Å². The van der Waals surface area contributed by atoms with E-state index in [1.54, 1.807) is 4.83 Å². The predicted molar refractivity (Wildman–Crippen MR) is 126 cm³/mol. The Morgan fingerprint density at radius 1 is 1.10 bits per heavy atom. The molecule has 2 heterocycles. The van der Waals surface area contributed by atoms with Gasteiger partial charge in [0.25, 0.3) is 5.91 Å². The smallest absolute Gasteiger partial charge is 0.276 e. The molecule has 9 nitrogen and oxygen atoms in total. The first-order chi connectivity index (χ1) is 18.0. The van der Waals surface area contributed by atoms with Gasteiger partial charge >= 0.3 is 17.6 Å². The Balaban J connectivity index is 1.94. The molecule has 0 saturated carbocycles. The molecule has 2 amide bonds. The Kier molecular flexibility index (Phi) is 7.00. The van der Waals surface area contributed by atoms with Crippen LogP contribution >= 0.6 is 11.8 Å². The van der Waals surface area contributed by atoms with Crippen LogP contribution in [0.4, 0.5) is 31.1 Å². The number of alkyl halides is 6. The highest BCUT2D eigenvalue weighted by atomic mass is 32.2. The van der Waals surface area contributed by atoms with Crippen LogP contribution in [-0.2, 0) is 33.6 Å². The number of amides is 2. The third kappa shape index (κ3) is 5.77. The van der Waals surface area contributed by atoms with Gasteiger partial charge in [0.1, 0.15) is 6.07 Å². The lowest BCUT2D eigenvalue weighted by Gasteiger charge is -2.18. The van der Waals surface area contributed by atoms with Crippen LogP contribution in [0.2, 0.25) is 0 Å². The number of rotatable bonds is 5. The van der Waals surface area contributed by atoms with Gasteiger partial charge in [-0.2, -0.15) is 41.7 Å². The van der Waals surface area contributed by atoms with Crippen molar-refractivity contribution in [2.24, 2.45) is 0 Å². The molecule has 0 bridgehead atoms. The summed E-state index contributed by atoms with van der Waals surface area (Å²) in [6, 6.07) is 6.86. The second kappa shape index (κ2) is 9.70. The van der Waals surface area contributed by atoms with Crippen molar-refractivity contribution >= 4 is 49.4 Å². The van der Waals surface area contributed by atoms with Gasteiger partial charge in [-0.15, -0.1) is 4.83 Å². The number of aromatic amines is 1. The Hall–Kier alpha value is -3.88. The minimum Gasteiger partial charge on any atom is -0.276 e. The molecule has 1 saturated heterocycles. The number of hydrogen-bond donors (Lipinski definition) is 2. The summed E-state index contributed by atoms with van der Waals surface area (Å²) in [6.07, 6.45) is -10.4. The molecule has 204 valence electrons. The third-order valence-electron chi connectivity index (χ3n) is 5.43. The van der Waals surface area contributed by atoms with E-state index in [9.17, 15) is 49.6 Å². The van der Waals surface area contributed by atoms with E-state index in [2.05, 4.69) is 10.2 Å². The lowest BCUT2D eigenvalue weighted by molar-refractivity contribution is -0.143. The molecule has 1 aliphatic heterocycles. The average molecular weight is 589 g/mol. The van der Waals surface area contributed by atoms with Crippen molar-refractivity contribution in [2.75, 3.05) is 6.26 Å². The molecule has 0 radical (unpaired) electrons. The standard InChI is InChI=1S/C22H13F6N5O4S2/c1-39(36,37)32-33-19(34)18(38-20(33)35)13(10-3-5-16-14(6-10)17(9-29)31-30-16)7-11-2-4-12(21(23,24)25)8-15(11)22(26,27)28/h2-6,8,32H,7H2,1H3,(H,30,31)/b18-13-. The minimum absolute atomic E-state index is 0.0401. The number of imide groups is 1. The summed E-state index contributed by atoms with van der Waals surface area (Å²) in [5, 5.41) is 14.9. The number of halogens is 6. The van der Waals surface area contributed by atoms with Crippen molar-refractivity contribution in [1.82, 2.24) is 20.0 Å². The van der Waals surface area contributed by atoms with Crippen molar-refractivity contribution in [3.63, 3.8) is 0 Å². The third-order valence-corrected chi connectivity index (χ3v) is 6.92. The number of allylic oxidation sites excluding steroid dienone is 1. The first-order valence-electron chi connectivity index (χ1n) is 10.4. The van der Waals surface area contributed by atoms with E-state index in [4.69, 9.17) is 0 Å². The maximum absolute atomic E-state index is 13.9. The lowest BCUT2D eigenvalue weighted by Crippen LogP contribution is -2.44. The van der Waals surface area contributed by atoms with Crippen LogP contribution in [0.3, 0.4) is 0 Å². The van der Waals surface area contributed by atoms with Crippen LogP contribution < -0.4 is 4.83 Å². The maximum atomic E-state index is 13.9. The summed E-state index contributed by atoms with van der Waals surface area (Å²) < 4.78 is 104. The predicted octanol–water partition coefficient (Wildman–Crippen LogP) is 4.59. The van der Waals surface area contributed by atoms with Gasteiger partial charge in [-0.3, -0.25) is 14.7 Å². The number of hydrazine groups is 1. The number of H-pyrrole nitrogens is 1. The summed E-state index contributed by atoms with van der Waals surface area (Å²) in [5.41, 5.74) is -3.75. The zero-order valence-electron chi connectivity index (χ0n) is 19.2. The Bertz CT molecular complexity index is 1700. The van der Waals surface area contributed by atoms with Crippen LogP contribution in [0.25, 0.3) is 16.5 Å². The number of aromatic nitrogens is 2. The first kappa shape index (κ1) is 28.1. The molecule has 1 fully saturated rings. The highest BCUT2D eigenvalue weighted by Crippen LogP contribution is 2.42. The number of carbonyl (C=O) groups is 2. The molecule has 2 N–H and O–H groups in total. The SMILES string of the molecule is CS(=O)(=O)NN1C(=O)S/C(=C(/Cc2ccc(C(F)(F)F)cc2C(F)(F)F)c2ccc3[nH]nc(C#N)c3c2)C1=O. The Morgan fingerprint density at radius 3 is 2.38 bits per heavy atom.